The summed E-state index contributed by atoms with van der Waals surface area (Å²) in [4.78, 5) is 34.8. The number of carbonyl (C=O) groups excluding carboxylic acids is 2. The fourth-order valence-corrected chi connectivity index (χ4v) is 5.39. The van der Waals surface area contributed by atoms with Crippen molar-refractivity contribution in [1.29, 1.82) is 0 Å². The molecule has 2 fully saturated rings. The second-order valence-electron chi connectivity index (χ2n) is 9.08. The van der Waals surface area contributed by atoms with E-state index in [1.54, 1.807) is 0 Å². The molecule has 1 saturated heterocycles. The third-order valence-electron chi connectivity index (χ3n) is 6.97. The molecule has 2 aromatic rings. The summed E-state index contributed by atoms with van der Waals surface area (Å²) < 4.78 is 2.04. The molecule has 0 N–H and O–H groups in total. The van der Waals surface area contributed by atoms with Crippen LogP contribution >= 0.6 is 0 Å². The zero-order chi connectivity index (χ0) is 20.0. The summed E-state index contributed by atoms with van der Waals surface area (Å²) in [6, 6.07) is 6.11. The summed E-state index contributed by atoms with van der Waals surface area (Å²) in [7, 11) is 0. The third kappa shape index (κ3) is 3.32. The average molecular weight is 395 g/mol. The quantitative estimate of drug-likeness (QED) is 0.780. The van der Waals surface area contributed by atoms with Gasteiger partial charge in [-0.05, 0) is 49.8 Å². The molecule has 0 radical (unpaired) electrons. The molecule has 0 bridgehead atoms. The van der Waals surface area contributed by atoms with Crippen LogP contribution in [0.1, 0.15) is 72.8 Å². The number of hydrogen-bond donors (Lipinski definition) is 0. The number of aromatic nitrogens is 2. The Hall–Kier alpha value is -2.37. The van der Waals surface area contributed by atoms with E-state index in [1.165, 1.54) is 25.7 Å². The van der Waals surface area contributed by atoms with Crippen LogP contribution in [0, 0.1) is 5.92 Å². The van der Waals surface area contributed by atoms with E-state index in [0.717, 1.165) is 56.5 Å². The highest BCUT2D eigenvalue weighted by molar-refractivity contribution is 6.00. The van der Waals surface area contributed by atoms with E-state index in [4.69, 9.17) is 0 Å². The molecule has 5 rings (SSSR count). The molecule has 3 aliphatic rings. The van der Waals surface area contributed by atoms with Gasteiger partial charge in [-0.3, -0.25) is 9.59 Å². The molecule has 3 heterocycles. The molecule has 1 unspecified atom stereocenters. The number of benzene rings is 1. The summed E-state index contributed by atoms with van der Waals surface area (Å²) in [6.07, 6.45) is 8.19. The van der Waals surface area contributed by atoms with Crippen molar-refractivity contribution in [3.05, 3.63) is 29.6 Å². The third-order valence-corrected chi connectivity index (χ3v) is 6.97. The lowest BCUT2D eigenvalue weighted by molar-refractivity contribution is 0.0565. The van der Waals surface area contributed by atoms with Crippen molar-refractivity contribution < 1.29 is 9.59 Å². The summed E-state index contributed by atoms with van der Waals surface area (Å²) >= 11 is 0. The van der Waals surface area contributed by atoms with Crippen LogP contribution in [0.25, 0.3) is 11.0 Å². The highest BCUT2D eigenvalue weighted by Gasteiger charge is 2.33. The lowest BCUT2D eigenvalue weighted by Gasteiger charge is -2.36. The van der Waals surface area contributed by atoms with Crippen molar-refractivity contribution in [1.82, 2.24) is 19.4 Å². The van der Waals surface area contributed by atoms with E-state index >= 15 is 0 Å². The van der Waals surface area contributed by atoms with Gasteiger partial charge in [-0.2, -0.15) is 0 Å². The first kappa shape index (κ1) is 18.6. The van der Waals surface area contributed by atoms with Gasteiger partial charge >= 0.3 is 0 Å². The number of imidazole rings is 1. The van der Waals surface area contributed by atoms with E-state index in [2.05, 4.69) is 11.9 Å². The number of hydrogen-bond acceptors (Lipinski definition) is 3. The Kier molecular flexibility index (Phi) is 4.80. The molecule has 6 nitrogen and oxygen atoms in total. The summed E-state index contributed by atoms with van der Waals surface area (Å²) in [6.45, 7) is 5.40. The van der Waals surface area contributed by atoms with Crippen LogP contribution in [0.2, 0.25) is 0 Å². The molecule has 2 aliphatic heterocycles. The maximum absolute atomic E-state index is 13.2. The normalized spacial score (nSPS) is 23.5. The molecule has 1 aliphatic carbocycles. The van der Waals surface area contributed by atoms with Crippen LogP contribution in [0.15, 0.2) is 18.2 Å². The molecular formula is C23H30N4O2. The van der Waals surface area contributed by atoms with Gasteiger partial charge < -0.3 is 14.4 Å². The van der Waals surface area contributed by atoms with Crippen molar-refractivity contribution >= 4 is 22.8 Å². The van der Waals surface area contributed by atoms with E-state index in [0.29, 0.717) is 23.3 Å². The number of fused-ring (bicyclic) bond motifs is 3. The monoisotopic (exact) mass is 394 g/mol. The number of likely N-dealkylation sites (tertiary alicyclic amines) is 1. The Bertz CT molecular complexity index is 944. The maximum atomic E-state index is 13.2. The van der Waals surface area contributed by atoms with Gasteiger partial charge in [-0.25, -0.2) is 4.98 Å². The first-order chi connectivity index (χ1) is 14.1. The lowest BCUT2D eigenvalue weighted by atomic mass is 9.94. The van der Waals surface area contributed by atoms with Gasteiger partial charge in [-0.15, -0.1) is 0 Å². The Balaban J connectivity index is 1.42. The van der Waals surface area contributed by atoms with Crippen molar-refractivity contribution in [3.8, 4) is 0 Å². The topological polar surface area (TPSA) is 58.4 Å². The summed E-state index contributed by atoms with van der Waals surface area (Å²) in [5, 5.41) is 0. The van der Waals surface area contributed by atoms with Crippen molar-refractivity contribution in [2.75, 3.05) is 19.6 Å². The molecule has 1 saturated carbocycles. The summed E-state index contributed by atoms with van der Waals surface area (Å²) in [5.41, 5.74) is 2.40. The van der Waals surface area contributed by atoms with Crippen LogP contribution < -0.4 is 0 Å². The Morgan fingerprint density at radius 3 is 2.66 bits per heavy atom. The predicted molar refractivity (Wildman–Crippen MR) is 112 cm³/mol. The molecule has 29 heavy (non-hydrogen) atoms. The van der Waals surface area contributed by atoms with Crippen molar-refractivity contribution in [2.45, 2.75) is 64.5 Å². The zero-order valence-electron chi connectivity index (χ0n) is 17.3. The van der Waals surface area contributed by atoms with Gasteiger partial charge in [-0.1, -0.05) is 26.2 Å². The standard InChI is InChI=1S/C23H30N4O2/c1-16-6-5-11-25(15-16)22(28)17-9-10-20-19(14-17)24-21-23(29)26(12-13-27(20)21)18-7-3-2-4-8-18/h9-10,14,16,18H,2-8,11-13,15H2,1H3. The molecular weight excluding hydrogens is 364 g/mol. The predicted octanol–water partition coefficient (Wildman–Crippen LogP) is 3.70. The minimum atomic E-state index is 0.0529. The number of amides is 2. The number of carbonyl (C=O) groups is 2. The molecule has 1 aromatic heterocycles. The fraction of sp³-hybridized carbons (Fsp3) is 0.609. The van der Waals surface area contributed by atoms with E-state index in [1.807, 2.05) is 32.6 Å². The van der Waals surface area contributed by atoms with Gasteiger partial charge in [0.15, 0.2) is 5.82 Å². The van der Waals surface area contributed by atoms with Gasteiger partial charge in [0, 0.05) is 37.8 Å². The van der Waals surface area contributed by atoms with E-state index in [-0.39, 0.29) is 11.8 Å². The maximum Gasteiger partial charge on any atom is 0.290 e. The fourth-order valence-electron chi connectivity index (χ4n) is 5.39. The van der Waals surface area contributed by atoms with Gasteiger partial charge in [0.1, 0.15) is 0 Å². The van der Waals surface area contributed by atoms with Gasteiger partial charge in [0.25, 0.3) is 11.8 Å². The van der Waals surface area contributed by atoms with Crippen molar-refractivity contribution in [2.24, 2.45) is 5.92 Å². The first-order valence-corrected chi connectivity index (χ1v) is 11.2. The smallest absolute Gasteiger partial charge is 0.290 e. The highest BCUT2D eigenvalue weighted by atomic mass is 16.2. The summed E-state index contributed by atoms with van der Waals surface area (Å²) in [5.74, 6) is 1.23. The Labute approximate surface area is 171 Å². The van der Waals surface area contributed by atoms with Gasteiger partial charge in [0.05, 0.1) is 11.0 Å². The minimum Gasteiger partial charge on any atom is -0.338 e. The molecule has 0 spiro atoms. The van der Waals surface area contributed by atoms with Crippen LogP contribution in [0.3, 0.4) is 0 Å². The largest absolute Gasteiger partial charge is 0.338 e. The number of nitrogens with zero attached hydrogens (tertiary/aromatic N) is 4. The SMILES string of the molecule is CC1CCCN(C(=O)c2ccc3c(c2)nc2n3CCN(C3CCCCC3)C2=O)C1. The van der Waals surface area contributed by atoms with E-state index < -0.39 is 0 Å². The molecule has 1 aromatic carbocycles. The second kappa shape index (κ2) is 7.47. The number of piperidine rings is 1. The van der Waals surface area contributed by atoms with Gasteiger partial charge in [0.2, 0.25) is 0 Å². The molecule has 6 heteroatoms. The van der Waals surface area contributed by atoms with Crippen LogP contribution in [0.5, 0.6) is 0 Å². The zero-order valence-corrected chi connectivity index (χ0v) is 17.3. The Morgan fingerprint density at radius 2 is 1.86 bits per heavy atom. The van der Waals surface area contributed by atoms with Crippen LogP contribution in [-0.4, -0.2) is 56.8 Å². The van der Waals surface area contributed by atoms with Crippen molar-refractivity contribution in [3.63, 3.8) is 0 Å². The highest BCUT2D eigenvalue weighted by Crippen LogP contribution is 2.28. The number of rotatable bonds is 2. The van der Waals surface area contributed by atoms with Crippen LogP contribution in [0.4, 0.5) is 0 Å². The molecule has 2 amide bonds. The first-order valence-electron chi connectivity index (χ1n) is 11.2. The second-order valence-corrected chi connectivity index (χ2v) is 9.08. The molecule has 154 valence electrons. The lowest BCUT2D eigenvalue weighted by Crippen LogP contribution is -2.47. The minimum absolute atomic E-state index is 0.0529. The van der Waals surface area contributed by atoms with Crippen LogP contribution in [-0.2, 0) is 6.54 Å². The molecule has 1 atom stereocenters. The van der Waals surface area contributed by atoms with E-state index in [9.17, 15) is 9.59 Å². The average Bonchev–Trinajstić information content (AvgIpc) is 3.13. The Morgan fingerprint density at radius 1 is 1.03 bits per heavy atom.